The zero-order chi connectivity index (χ0) is 13.9. The van der Waals surface area contributed by atoms with E-state index in [0.29, 0.717) is 0 Å². The lowest BCUT2D eigenvalue weighted by Gasteiger charge is -2.19. The van der Waals surface area contributed by atoms with Gasteiger partial charge in [-0.25, -0.2) is 0 Å². The fraction of sp³-hybridized carbons (Fsp3) is 0.158. The highest BCUT2D eigenvalue weighted by atomic mass is 28.3. The van der Waals surface area contributed by atoms with E-state index in [-0.39, 0.29) is 0 Å². The minimum absolute atomic E-state index is 1.16. The van der Waals surface area contributed by atoms with Crippen molar-refractivity contribution in [2.75, 3.05) is 0 Å². The van der Waals surface area contributed by atoms with Gasteiger partial charge in [-0.15, -0.1) is 0 Å². The van der Waals surface area contributed by atoms with Crippen LogP contribution in [0.1, 0.15) is 20.3 Å². The lowest BCUT2D eigenvalue weighted by Crippen LogP contribution is -2.44. The molecule has 2 aromatic carbocycles. The molecule has 0 nitrogen and oxygen atoms in total. The molecule has 0 amide bonds. The van der Waals surface area contributed by atoms with E-state index in [1.54, 1.807) is 5.20 Å². The Morgan fingerprint density at radius 2 is 1.25 bits per heavy atom. The SMILES string of the molecule is CC1=CC(C)=C([SiH](c2ccccc2)c2ccccc2)C1. The monoisotopic (exact) mass is 276 g/mol. The van der Waals surface area contributed by atoms with Gasteiger partial charge in [-0.2, -0.15) is 0 Å². The van der Waals surface area contributed by atoms with Crippen molar-refractivity contribution in [1.82, 2.24) is 0 Å². The van der Waals surface area contributed by atoms with Crippen molar-refractivity contribution in [2.24, 2.45) is 0 Å². The minimum atomic E-state index is -1.27. The summed E-state index contributed by atoms with van der Waals surface area (Å²) in [5.41, 5.74) is 2.99. The molecule has 0 spiro atoms. The van der Waals surface area contributed by atoms with E-state index in [9.17, 15) is 0 Å². The highest BCUT2D eigenvalue weighted by Crippen LogP contribution is 2.26. The van der Waals surface area contributed by atoms with Crippen molar-refractivity contribution in [3.05, 3.63) is 83.1 Å². The second-order valence-electron chi connectivity index (χ2n) is 5.63. The highest BCUT2D eigenvalue weighted by molar-refractivity contribution is 6.91. The summed E-state index contributed by atoms with van der Waals surface area (Å²) in [5.74, 6) is 0. The smallest absolute Gasteiger partial charge is 0.0694 e. The van der Waals surface area contributed by atoms with Gasteiger partial charge >= 0.3 is 0 Å². The molecule has 0 unspecified atom stereocenters. The Morgan fingerprint density at radius 1 is 0.750 bits per heavy atom. The molecular weight excluding hydrogens is 256 g/mol. The number of hydrogen-bond acceptors (Lipinski definition) is 0. The lowest BCUT2D eigenvalue weighted by molar-refractivity contribution is 1.22. The Balaban J connectivity index is 2.09. The number of rotatable bonds is 3. The van der Waals surface area contributed by atoms with Gasteiger partial charge in [0.15, 0.2) is 0 Å². The van der Waals surface area contributed by atoms with Crippen molar-refractivity contribution >= 4 is 19.2 Å². The molecule has 2 aromatic rings. The van der Waals surface area contributed by atoms with Gasteiger partial charge < -0.3 is 0 Å². The number of benzene rings is 2. The summed E-state index contributed by atoms with van der Waals surface area (Å²) in [7, 11) is -1.27. The summed E-state index contributed by atoms with van der Waals surface area (Å²) >= 11 is 0. The first-order valence-electron chi connectivity index (χ1n) is 7.22. The zero-order valence-corrected chi connectivity index (χ0v) is 13.3. The van der Waals surface area contributed by atoms with Crippen molar-refractivity contribution < 1.29 is 0 Å². The Hall–Kier alpha value is -1.86. The first-order valence-corrected chi connectivity index (χ1v) is 8.95. The third-order valence-electron chi connectivity index (χ3n) is 4.05. The molecule has 0 aliphatic heterocycles. The summed E-state index contributed by atoms with van der Waals surface area (Å²) in [4.78, 5) is 0. The number of hydrogen-bond donors (Lipinski definition) is 0. The summed E-state index contributed by atoms with van der Waals surface area (Å²) < 4.78 is 0. The molecule has 0 saturated heterocycles. The van der Waals surface area contributed by atoms with Gasteiger partial charge in [-0.05, 0) is 20.3 Å². The highest BCUT2D eigenvalue weighted by Gasteiger charge is 2.24. The average molecular weight is 276 g/mol. The predicted molar refractivity (Wildman–Crippen MR) is 90.4 cm³/mol. The van der Waals surface area contributed by atoms with E-state index >= 15 is 0 Å². The van der Waals surface area contributed by atoms with Gasteiger partial charge in [0.05, 0.1) is 0 Å². The summed E-state index contributed by atoms with van der Waals surface area (Å²) in [6.45, 7) is 4.52. The maximum Gasteiger partial charge on any atom is 0.129 e. The molecule has 0 N–H and O–H groups in total. The quantitative estimate of drug-likeness (QED) is 0.755. The Morgan fingerprint density at radius 3 is 1.65 bits per heavy atom. The van der Waals surface area contributed by atoms with Crippen LogP contribution in [0.5, 0.6) is 0 Å². The number of allylic oxidation sites excluding steroid dienone is 4. The Bertz CT molecular complexity index is 611. The third-order valence-corrected chi connectivity index (χ3v) is 7.51. The third kappa shape index (κ3) is 2.54. The largest absolute Gasteiger partial charge is 0.129 e. The van der Waals surface area contributed by atoms with Crippen LogP contribution < -0.4 is 10.4 Å². The second-order valence-corrected chi connectivity index (χ2v) is 8.53. The summed E-state index contributed by atoms with van der Waals surface area (Å²) in [6, 6.07) is 22.1. The van der Waals surface area contributed by atoms with E-state index in [1.165, 1.54) is 21.5 Å². The molecule has 1 heteroatoms. The maximum absolute atomic E-state index is 2.36. The van der Waals surface area contributed by atoms with Crippen molar-refractivity contribution in [1.29, 1.82) is 0 Å². The molecule has 1 aliphatic carbocycles. The van der Waals surface area contributed by atoms with Crippen LogP contribution in [0.4, 0.5) is 0 Å². The second kappa shape index (κ2) is 5.64. The lowest BCUT2D eigenvalue weighted by atomic mass is 10.3. The standard InChI is InChI=1S/C19H20Si/c1-15-13-16(2)19(14-15)20(17-9-5-3-6-10-17)18-11-7-4-8-12-18/h3-13,20H,14H2,1-2H3. The fourth-order valence-corrected chi connectivity index (χ4v) is 6.64. The van der Waals surface area contributed by atoms with Gasteiger partial charge in [0.1, 0.15) is 8.80 Å². The van der Waals surface area contributed by atoms with Crippen LogP contribution in [0.15, 0.2) is 83.1 Å². The molecule has 100 valence electrons. The molecule has 20 heavy (non-hydrogen) atoms. The molecule has 0 bridgehead atoms. The van der Waals surface area contributed by atoms with E-state index < -0.39 is 8.80 Å². The molecule has 0 fully saturated rings. The van der Waals surface area contributed by atoms with Crippen LogP contribution in [0.25, 0.3) is 0 Å². The topological polar surface area (TPSA) is 0 Å². The van der Waals surface area contributed by atoms with Crippen LogP contribution in [0.3, 0.4) is 0 Å². The zero-order valence-electron chi connectivity index (χ0n) is 12.1. The van der Waals surface area contributed by atoms with Crippen molar-refractivity contribution in [2.45, 2.75) is 20.3 Å². The summed E-state index contributed by atoms with van der Waals surface area (Å²) in [5, 5.41) is 4.73. The van der Waals surface area contributed by atoms with E-state index in [1.807, 2.05) is 0 Å². The normalized spacial score (nSPS) is 14.8. The predicted octanol–water partition coefficient (Wildman–Crippen LogP) is 3.23. The van der Waals surface area contributed by atoms with Gasteiger partial charge in [0.25, 0.3) is 0 Å². The van der Waals surface area contributed by atoms with Crippen molar-refractivity contribution in [3.63, 3.8) is 0 Å². The Kier molecular flexibility index (Phi) is 3.70. The summed E-state index contributed by atoms with van der Waals surface area (Å²) in [6.07, 6.45) is 3.52. The molecular formula is C19H20Si. The maximum atomic E-state index is 2.36. The van der Waals surface area contributed by atoms with E-state index in [2.05, 4.69) is 80.6 Å². The first kappa shape index (κ1) is 13.1. The molecule has 1 aliphatic rings. The van der Waals surface area contributed by atoms with E-state index in [0.717, 1.165) is 6.42 Å². The van der Waals surface area contributed by atoms with Crippen molar-refractivity contribution in [3.8, 4) is 0 Å². The van der Waals surface area contributed by atoms with Gasteiger partial charge in [0.2, 0.25) is 0 Å². The van der Waals surface area contributed by atoms with Crippen LogP contribution in [-0.4, -0.2) is 8.80 Å². The van der Waals surface area contributed by atoms with Crippen LogP contribution in [0, 0.1) is 0 Å². The van der Waals surface area contributed by atoms with Gasteiger partial charge in [-0.3, -0.25) is 0 Å². The van der Waals surface area contributed by atoms with Crippen LogP contribution in [0.2, 0.25) is 0 Å². The molecule has 3 rings (SSSR count). The molecule has 0 radical (unpaired) electrons. The molecule has 0 saturated carbocycles. The van der Waals surface area contributed by atoms with E-state index in [4.69, 9.17) is 0 Å². The van der Waals surface area contributed by atoms with Crippen LogP contribution in [-0.2, 0) is 0 Å². The molecule has 0 atom stereocenters. The van der Waals surface area contributed by atoms with Gasteiger partial charge in [-0.1, -0.05) is 93.5 Å². The van der Waals surface area contributed by atoms with Gasteiger partial charge in [0, 0.05) is 0 Å². The molecule has 0 aromatic heterocycles. The minimum Gasteiger partial charge on any atom is -0.0694 e. The molecule has 0 heterocycles. The fourth-order valence-electron chi connectivity index (χ4n) is 3.17. The Labute approximate surface area is 123 Å². The first-order chi connectivity index (χ1) is 9.75. The average Bonchev–Trinajstić information content (AvgIpc) is 2.80. The van der Waals surface area contributed by atoms with Crippen LogP contribution >= 0.6 is 0 Å².